The highest BCUT2D eigenvalue weighted by atomic mass is 28.3. The predicted molar refractivity (Wildman–Crippen MR) is 23.5 cm³/mol. The summed E-state index contributed by atoms with van der Waals surface area (Å²) in [6, 6.07) is 0. The molecule has 0 aromatic rings. The second kappa shape index (κ2) is 2.39. The molecule has 0 aromatic carbocycles. The number of hydrogen-bond acceptors (Lipinski definition) is 0. The first-order chi connectivity index (χ1) is 2.27. The molecule has 1 radical (unpaired) electrons. The normalized spacial score (nSPS) is 9.60. The Morgan fingerprint density at radius 2 is 1.80 bits per heavy atom. The van der Waals surface area contributed by atoms with Gasteiger partial charge >= 0.3 is 0 Å². The van der Waals surface area contributed by atoms with Gasteiger partial charge in [0.1, 0.15) is 0 Å². The number of rotatable bonds is 1. The van der Waals surface area contributed by atoms with Crippen LogP contribution in [0, 0.1) is 0 Å². The third-order valence-corrected chi connectivity index (χ3v) is 0.802. The standard InChI is InChI=1S/C3H8FSi/c1-5(2)3-4/h3H2,1-2H3. The fourth-order valence-corrected chi connectivity index (χ4v) is 0. The molecule has 0 N–H and O–H groups in total. The maximum absolute atomic E-state index is 11.2. The minimum atomic E-state index is -0.541. The molecule has 0 nitrogen and oxygen atoms in total. The zero-order valence-corrected chi connectivity index (χ0v) is 4.59. The van der Waals surface area contributed by atoms with Crippen LogP contribution < -0.4 is 0 Å². The Balaban J connectivity index is 2.54. The molecular formula is C3H8FSi. The van der Waals surface area contributed by atoms with E-state index >= 15 is 0 Å². The van der Waals surface area contributed by atoms with Crippen LogP contribution in [0.25, 0.3) is 0 Å². The molecule has 0 spiro atoms. The molecule has 0 rings (SSSR count). The van der Waals surface area contributed by atoms with Gasteiger partial charge in [0.25, 0.3) is 0 Å². The van der Waals surface area contributed by atoms with E-state index in [1.165, 1.54) is 0 Å². The van der Waals surface area contributed by atoms with Crippen LogP contribution in [-0.2, 0) is 0 Å². The van der Waals surface area contributed by atoms with Crippen molar-refractivity contribution in [3.05, 3.63) is 0 Å². The van der Waals surface area contributed by atoms with E-state index in [0.717, 1.165) is 0 Å². The molecule has 0 saturated heterocycles. The first kappa shape index (κ1) is 5.15. The molecule has 0 heterocycles. The van der Waals surface area contributed by atoms with Gasteiger partial charge in [0.15, 0.2) is 0 Å². The minimum Gasteiger partial charge on any atom is -0.255 e. The lowest BCUT2D eigenvalue weighted by atomic mass is 11.8. The molecule has 0 fully saturated rings. The average Bonchev–Trinajstić information content (AvgIpc) is 1.38. The summed E-state index contributed by atoms with van der Waals surface area (Å²) in [7, 11) is -0.541. The summed E-state index contributed by atoms with van der Waals surface area (Å²) >= 11 is 0. The Labute approximate surface area is 33.6 Å². The van der Waals surface area contributed by atoms with Crippen molar-refractivity contribution < 1.29 is 4.39 Å². The van der Waals surface area contributed by atoms with E-state index in [1.54, 1.807) is 0 Å². The monoisotopic (exact) mass is 91.0 g/mol. The van der Waals surface area contributed by atoms with E-state index in [-0.39, 0.29) is 6.30 Å². The fraction of sp³-hybridized carbons (Fsp3) is 1.00. The van der Waals surface area contributed by atoms with Crippen molar-refractivity contribution in [1.82, 2.24) is 0 Å². The van der Waals surface area contributed by atoms with Crippen molar-refractivity contribution in [3.8, 4) is 0 Å². The van der Waals surface area contributed by atoms with Crippen molar-refractivity contribution >= 4 is 8.80 Å². The highest BCUT2D eigenvalue weighted by molar-refractivity contribution is 6.55. The second-order valence-corrected chi connectivity index (χ2v) is 4.02. The maximum Gasteiger partial charge on any atom is 0.0811 e. The number of halogens is 1. The van der Waals surface area contributed by atoms with E-state index in [2.05, 4.69) is 0 Å². The first-order valence-corrected chi connectivity index (χ1v) is 4.33. The predicted octanol–water partition coefficient (Wildman–Crippen LogP) is 1.25. The lowest BCUT2D eigenvalue weighted by Gasteiger charge is -1.83. The van der Waals surface area contributed by atoms with Crippen molar-refractivity contribution in [3.63, 3.8) is 0 Å². The van der Waals surface area contributed by atoms with Crippen LogP contribution in [0.3, 0.4) is 0 Å². The molecule has 0 bridgehead atoms. The lowest BCUT2D eigenvalue weighted by Crippen LogP contribution is -2.00. The highest BCUT2D eigenvalue weighted by Crippen LogP contribution is 1.75. The van der Waals surface area contributed by atoms with E-state index in [1.807, 2.05) is 13.1 Å². The molecule has 0 aromatic heterocycles. The summed E-state index contributed by atoms with van der Waals surface area (Å²) in [5, 5.41) is 0. The van der Waals surface area contributed by atoms with E-state index in [4.69, 9.17) is 0 Å². The van der Waals surface area contributed by atoms with Crippen LogP contribution >= 0.6 is 0 Å². The summed E-state index contributed by atoms with van der Waals surface area (Å²) in [6.07, 6.45) is -0.0926. The third kappa shape index (κ3) is 4.15. The van der Waals surface area contributed by atoms with Crippen molar-refractivity contribution in [2.24, 2.45) is 0 Å². The van der Waals surface area contributed by atoms with E-state index in [9.17, 15) is 4.39 Å². The van der Waals surface area contributed by atoms with Crippen molar-refractivity contribution in [2.45, 2.75) is 13.1 Å². The van der Waals surface area contributed by atoms with Crippen LogP contribution in [0.5, 0.6) is 0 Å². The van der Waals surface area contributed by atoms with Crippen molar-refractivity contribution in [1.29, 1.82) is 0 Å². The van der Waals surface area contributed by atoms with Gasteiger partial charge < -0.3 is 0 Å². The van der Waals surface area contributed by atoms with Crippen LogP contribution in [0.1, 0.15) is 0 Å². The van der Waals surface area contributed by atoms with Gasteiger partial charge in [-0.3, -0.25) is 4.39 Å². The molecule has 5 heavy (non-hydrogen) atoms. The second-order valence-electron chi connectivity index (χ2n) is 1.34. The highest BCUT2D eigenvalue weighted by Gasteiger charge is 1.87. The van der Waals surface area contributed by atoms with Crippen LogP contribution in [0.4, 0.5) is 4.39 Å². The zero-order valence-electron chi connectivity index (χ0n) is 3.59. The molecule has 0 aliphatic rings. The minimum absolute atomic E-state index is 0.0926. The Hall–Kier alpha value is 0.147. The fourth-order valence-electron chi connectivity index (χ4n) is 0. The Bertz CT molecular complexity index is 20.9. The van der Waals surface area contributed by atoms with Crippen molar-refractivity contribution in [2.75, 3.05) is 6.30 Å². The lowest BCUT2D eigenvalue weighted by molar-refractivity contribution is 0.589. The van der Waals surface area contributed by atoms with Gasteiger partial charge in [-0.1, -0.05) is 13.1 Å². The molecule has 31 valence electrons. The van der Waals surface area contributed by atoms with E-state index < -0.39 is 8.80 Å². The summed E-state index contributed by atoms with van der Waals surface area (Å²) in [5.41, 5.74) is 0. The van der Waals surface area contributed by atoms with Gasteiger partial charge in [-0.2, -0.15) is 0 Å². The van der Waals surface area contributed by atoms with Gasteiger partial charge in [0.05, 0.1) is 15.1 Å². The van der Waals surface area contributed by atoms with Crippen LogP contribution in [-0.4, -0.2) is 15.1 Å². The quantitative estimate of drug-likeness (QED) is 0.426. The molecule has 0 aliphatic heterocycles. The van der Waals surface area contributed by atoms with Gasteiger partial charge in [-0.15, -0.1) is 0 Å². The summed E-state index contributed by atoms with van der Waals surface area (Å²) in [5.74, 6) is 0. The number of alkyl halides is 1. The summed E-state index contributed by atoms with van der Waals surface area (Å²) in [6.45, 7) is 3.90. The first-order valence-electron chi connectivity index (χ1n) is 1.62. The van der Waals surface area contributed by atoms with Crippen LogP contribution in [0.15, 0.2) is 0 Å². The smallest absolute Gasteiger partial charge is 0.0811 e. The van der Waals surface area contributed by atoms with Gasteiger partial charge in [-0.05, 0) is 0 Å². The Kier molecular flexibility index (Phi) is 2.46. The third-order valence-electron chi connectivity index (χ3n) is 0.267. The largest absolute Gasteiger partial charge is 0.255 e. The number of hydrogen-bond donors (Lipinski definition) is 0. The molecule has 0 atom stereocenters. The Morgan fingerprint density at radius 1 is 1.60 bits per heavy atom. The summed E-state index contributed by atoms with van der Waals surface area (Å²) in [4.78, 5) is 0. The SMILES string of the molecule is C[Si](C)CF. The molecular weight excluding hydrogens is 83.1 g/mol. The summed E-state index contributed by atoms with van der Waals surface area (Å²) < 4.78 is 11.2. The van der Waals surface area contributed by atoms with Crippen LogP contribution in [0.2, 0.25) is 13.1 Å². The molecule has 0 saturated carbocycles. The Morgan fingerprint density at radius 3 is 1.80 bits per heavy atom. The molecule has 0 amide bonds. The van der Waals surface area contributed by atoms with Gasteiger partial charge in [0, 0.05) is 0 Å². The molecule has 0 aliphatic carbocycles. The van der Waals surface area contributed by atoms with E-state index in [0.29, 0.717) is 0 Å². The maximum atomic E-state index is 11.2. The van der Waals surface area contributed by atoms with Gasteiger partial charge in [0.2, 0.25) is 0 Å². The molecule has 0 unspecified atom stereocenters. The topological polar surface area (TPSA) is 0 Å². The average molecular weight is 91.2 g/mol. The zero-order chi connectivity index (χ0) is 4.28. The van der Waals surface area contributed by atoms with Gasteiger partial charge in [-0.25, -0.2) is 0 Å². The molecule has 2 heteroatoms.